The van der Waals surface area contributed by atoms with Crippen molar-refractivity contribution in [1.82, 2.24) is 20.6 Å². The molecule has 0 radical (unpaired) electrons. The van der Waals surface area contributed by atoms with Gasteiger partial charge in [-0.2, -0.15) is 10.2 Å². The van der Waals surface area contributed by atoms with E-state index >= 15 is 0 Å². The van der Waals surface area contributed by atoms with Crippen LogP contribution >= 0.6 is 22.9 Å². The van der Waals surface area contributed by atoms with Crippen LogP contribution in [0.2, 0.25) is 4.34 Å². The third kappa shape index (κ3) is 3.19. The molecule has 0 aliphatic carbocycles. The fraction of sp³-hybridized carbons (Fsp3) is 0. The van der Waals surface area contributed by atoms with Gasteiger partial charge in [-0.1, -0.05) is 29.8 Å². The number of para-hydroxylation sites is 1. The second-order valence-electron chi connectivity index (χ2n) is 5.26. The molecule has 25 heavy (non-hydrogen) atoms. The van der Waals surface area contributed by atoms with E-state index in [0.29, 0.717) is 4.34 Å². The molecule has 6 nitrogen and oxygen atoms in total. The summed E-state index contributed by atoms with van der Waals surface area (Å²) in [4.78, 5) is 16.2. The number of H-pyrrole nitrogens is 2. The van der Waals surface area contributed by atoms with Crippen LogP contribution in [-0.4, -0.2) is 27.3 Å². The van der Waals surface area contributed by atoms with Crippen LogP contribution in [0.15, 0.2) is 53.8 Å². The molecule has 4 aromatic rings. The summed E-state index contributed by atoms with van der Waals surface area (Å²) in [6, 6.07) is 13.2. The Morgan fingerprint density at radius 3 is 3.00 bits per heavy atom. The molecule has 0 aliphatic rings. The summed E-state index contributed by atoms with van der Waals surface area (Å²) in [6.07, 6.45) is 3.44. The molecule has 3 N–H and O–H groups in total. The average molecular weight is 370 g/mol. The predicted molar refractivity (Wildman–Crippen MR) is 100 cm³/mol. The van der Waals surface area contributed by atoms with Crippen LogP contribution in [0.4, 0.5) is 0 Å². The molecule has 0 spiro atoms. The summed E-state index contributed by atoms with van der Waals surface area (Å²) in [5.41, 5.74) is 5.39. The van der Waals surface area contributed by atoms with Gasteiger partial charge < -0.3 is 4.98 Å². The van der Waals surface area contributed by atoms with Crippen LogP contribution in [0.3, 0.4) is 0 Å². The monoisotopic (exact) mass is 369 g/mol. The Balaban J connectivity index is 1.46. The summed E-state index contributed by atoms with van der Waals surface area (Å²) in [7, 11) is 0. The number of rotatable bonds is 4. The first-order valence-electron chi connectivity index (χ1n) is 7.41. The van der Waals surface area contributed by atoms with Crippen LogP contribution in [0.25, 0.3) is 21.5 Å². The van der Waals surface area contributed by atoms with Crippen molar-refractivity contribution in [2.45, 2.75) is 0 Å². The number of hydrazone groups is 1. The zero-order valence-corrected chi connectivity index (χ0v) is 14.4. The third-order valence-electron chi connectivity index (χ3n) is 3.64. The minimum Gasteiger partial charge on any atom is -0.361 e. The largest absolute Gasteiger partial charge is 0.361 e. The van der Waals surface area contributed by atoms with Gasteiger partial charge in [-0.15, -0.1) is 11.3 Å². The van der Waals surface area contributed by atoms with Gasteiger partial charge in [0.15, 0.2) is 5.69 Å². The van der Waals surface area contributed by atoms with E-state index in [9.17, 15) is 4.79 Å². The fourth-order valence-electron chi connectivity index (χ4n) is 2.44. The zero-order valence-electron chi connectivity index (χ0n) is 12.8. The summed E-state index contributed by atoms with van der Waals surface area (Å²) in [6.45, 7) is 0. The van der Waals surface area contributed by atoms with Gasteiger partial charge in [-0.3, -0.25) is 9.89 Å². The zero-order chi connectivity index (χ0) is 17.2. The molecule has 8 heteroatoms. The molecule has 4 rings (SSSR count). The number of nitrogens with zero attached hydrogens (tertiary/aromatic N) is 2. The Kier molecular flexibility index (Phi) is 4.09. The topological polar surface area (TPSA) is 85.9 Å². The lowest BCUT2D eigenvalue weighted by molar-refractivity contribution is 0.0950. The van der Waals surface area contributed by atoms with E-state index < -0.39 is 0 Å². The van der Waals surface area contributed by atoms with Crippen LogP contribution in [0.1, 0.15) is 16.1 Å². The van der Waals surface area contributed by atoms with Crippen molar-refractivity contribution in [3.63, 3.8) is 0 Å². The molecule has 0 aliphatic heterocycles. The minimum absolute atomic E-state index is 0.260. The number of halogens is 1. The lowest BCUT2D eigenvalue weighted by Crippen LogP contribution is -2.17. The molecule has 0 atom stereocenters. The molecule has 3 heterocycles. The first kappa shape index (κ1) is 15.6. The Labute approximate surface area is 151 Å². The van der Waals surface area contributed by atoms with Crippen molar-refractivity contribution < 1.29 is 4.79 Å². The van der Waals surface area contributed by atoms with Crippen molar-refractivity contribution in [2.75, 3.05) is 0 Å². The molecular weight excluding hydrogens is 358 g/mol. The van der Waals surface area contributed by atoms with E-state index in [1.165, 1.54) is 11.3 Å². The first-order valence-corrected chi connectivity index (χ1v) is 8.61. The highest BCUT2D eigenvalue weighted by Gasteiger charge is 2.12. The van der Waals surface area contributed by atoms with Gasteiger partial charge in [0, 0.05) is 22.7 Å². The summed E-state index contributed by atoms with van der Waals surface area (Å²) in [5.74, 6) is -0.388. The number of carbonyl (C=O) groups excluding carboxylic acids is 1. The second-order valence-corrected chi connectivity index (χ2v) is 6.97. The van der Waals surface area contributed by atoms with Crippen molar-refractivity contribution in [2.24, 2.45) is 5.10 Å². The van der Waals surface area contributed by atoms with E-state index in [1.807, 2.05) is 36.5 Å². The number of aromatic amines is 2. The number of thiophene rings is 1. The fourth-order valence-corrected chi connectivity index (χ4v) is 3.45. The Bertz CT molecular complexity index is 1080. The molecule has 1 aromatic carbocycles. The van der Waals surface area contributed by atoms with Gasteiger partial charge in [0.2, 0.25) is 0 Å². The van der Waals surface area contributed by atoms with Crippen molar-refractivity contribution in [3.05, 3.63) is 64.3 Å². The lowest BCUT2D eigenvalue weighted by Gasteiger charge is -1.94. The molecule has 0 fully saturated rings. The molecule has 0 saturated heterocycles. The van der Waals surface area contributed by atoms with E-state index in [-0.39, 0.29) is 11.6 Å². The third-order valence-corrected chi connectivity index (χ3v) is 4.90. The number of hydrogen-bond donors (Lipinski definition) is 3. The SMILES string of the molecule is O=C(N/N=C\c1c[nH]c2ccccc12)c1cc(-c2ccc(Cl)s2)[nH]n1. The van der Waals surface area contributed by atoms with Crippen molar-refractivity contribution >= 4 is 46.0 Å². The van der Waals surface area contributed by atoms with Gasteiger partial charge in [-0.05, 0) is 24.3 Å². The van der Waals surface area contributed by atoms with Gasteiger partial charge in [0.1, 0.15) is 0 Å². The molecular formula is C17H12ClN5OS. The second kappa shape index (κ2) is 6.54. The number of hydrogen-bond acceptors (Lipinski definition) is 4. The van der Waals surface area contributed by atoms with E-state index in [2.05, 4.69) is 25.7 Å². The normalized spacial score (nSPS) is 11.4. The van der Waals surface area contributed by atoms with E-state index in [4.69, 9.17) is 11.6 Å². The molecule has 0 unspecified atom stereocenters. The van der Waals surface area contributed by atoms with E-state index in [1.54, 1.807) is 18.3 Å². The molecule has 124 valence electrons. The average Bonchev–Trinajstić information content (AvgIpc) is 3.34. The number of aromatic nitrogens is 3. The van der Waals surface area contributed by atoms with Crippen LogP contribution < -0.4 is 5.43 Å². The molecule has 0 saturated carbocycles. The smallest absolute Gasteiger partial charge is 0.291 e. The molecule has 1 amide bonds. The van der Waals surface area contributed by atoms with Gasteiger partial charge in [0.05, 0.1) is 21.1 Å². The molecule has 0 bridgehead atoms. The summed E-state index contributed by atoms with van der Waals surface area (Å²) in [5, 5.41) is 11.9. The number of benzene rings is 1. The minimum atomic E-state index is -0.388. The van der Waals surface area contributed by atoms with Crippen molar-refractivity contribution in [1.29, 1.82) is 0 Å². The Hall–Kier alpha value is -2.90. The Morgan fingerprint density at radius 2 is 2.16 bits per heavy atom. The number of amides is 1. The highest BCUT2D eigenvalue weighted by molar-refractivity contribution is 7.19. The van der Waals surface area contributed by atoms with Crippen LogP contribution in [0.5, 0.6) is 0 Å². The van der Waals surface area contributed by atoms with Gasteiger partial charge >= 0.3 is 0 Å². The lowest BCUT2D eigenvalue weighted by atomic mass is 10.2. The summed E-state index contributed by atoms with van der Waals surface area (Å²) >= 11 is 7.33. The van der Waals surface area contributed by atoms with E-state index in [0.717, 1.165) is 27.0 Å². The van der Waals surface area contributed by atoms with Gasteiger partial charge in [0.25, 0.3) is 5.91 Å². The maximum atomic E-state index is 12.1. The molecule has 3 aromatic heterocycles. The predicted octanol–water partition coefficient (Wildman–Crippen LogP) is 4.04. The summed E-state index contributed by atoms with van der Waals surface area (Å²) < 4.78 is 0.680. The number of nitrogens with one attached hydrogen (secondary N) is 3. The highest BCUT2D eigenvalue weighted by atomic mass is 35.5. The van der Waals surface area contributed by atoms with Gasteiger partial charge in [-0.25, -0.2) is 5.43 Å². The van der Waals surface area contributed by atoms with Crippen LogP contribution in [-0.2, 0) is 0 Å². The number of fused-ring (bicyclic) bond motifs is 1. The van der Waals surface area contributed by atoms with Crippen molar-refractivity contribution in [3.8, 4) is 10.6 Å². The first-order chi connectivity index (χ1) is 12.2. The maximum absolute atomic E-state index is 12.1. The highest BCUT2D eigenvalue weighted by Crippen LogP contribution is 2.29. The Morgan fingerprint density at radius 1 is 1.28 bits per heavy atom. The maximum Gasteiger partial charge on any atom is 0.291 e. The quantitative estimate of drug-likeness (QED) is 0.374. The van der Waals surface area contributed by atoms with Crippen LogP contribution in [0, 0.1) is 0 Å². The number of carbonyl (C=O) groups is 1. The standard InChI is InChI=1S/C17H12ClN5OS/c18-16-6-5-15(25-16)13-7-14(22-21-13)17(24)23-20-9-10-8-19-12-4-2-1-3-11(10)12/h1-9,19H,(H,21,22)(H,23,24)/b20-9-.